The molecule has 2 heteroatoms. The van der Waals surface area contributed by atoms with Crippen molar-refractivity contribution in [1.29, 1.82) is 0 Å². The minimum Gasteiger partial charge on any atom is -0.235 e. The monoisotopic (exact) mass is 407 g/mol. The van der Waals surface area contributed by atoms with Gasteiger partial charge in [-0.3, -0.25) is 0 Å². The first-order chi connectivity index (χ1) is 14.4. The number of rotatable bonds is 2. The first-order valence-electron chi connectivity index (χ1n) is 10.4. The molecule has 0 amide bonds. The molecule has 0 fully saturated rings. The second kappa shape index (κ2) is 7.07. The SMILES string of the molecule is Cc1ccccc1-c1nc2c(-c3cccc4ccccc34)cc(C(C)(C)C)cc2s1. The summed E-state index contributed by atoms with van der Waals surface area (Å²) < 4.78 is 1.25. The standard InChI is InChI=1S/C28H25NS/c1-18-10-5-7-13-21(18)27-29-26-24(16-20(28(2,3)4)17-25(26)30-27)23-15-9-12-19-11-6-8-14-22(19)23/h5-17H,1-4H3. The Balaban J connectivity index is 1.85. The van der Waals surface area contributed by atoms with E-state index in [9.17, 15) is 0 Å². The Kier molecular flexibility index (Phi) is 4.48. The summed E-state index contributed by atoms with van der Waals surface area (Å²) >= 11 is 1.80. The van der Waals surface area contributed by atoms with E-state index in [0.29, 0.717) is 0 Å². The normalized spacial score (nSPS) is 12.0. The van der Waals surface area contributed by atoms with Gasteiger partial charge in [0.1, 0.15) is 5.01 Å². The maximum absolute atomic E-state index is 5.17. The van der Waals surface area contributed by atoms with Gasteiger partial charge in [0.2, 0.25) is 0 Å². The molecule has 1 aromatic heterocycles. The van der Waals surface area contributed by atoms with Gasteiger partial charge in [-0.2, -0.15) is 0 Å². The summed E-state index contributed by atoms with van der Waals surface area (Å²) in [5, 5.41) is 3.63. The number of fused-ring (bicyclic) bond motifs is 2. The Bertz CT molecular complexity index is 1380. The average molecular weight is 408 g/mol. The third-order valence-electron chi connectivity index (χ3n) is 5.82. The summed E-state index contributed by atoms with van der Waals surface area (Å²) in [5.74, 6) is 0. The Morgan fingerprint density at radius 2 is 1.43 bits per heavy atom. The molecule has 30 heavy (non-hydrogen) atoms. The minimum atomic E-state index is 0.0698. The molecular weight excluding hydrogens is 382 g/mol. The maximum atomic E-state index is 5.17. The van der Waals surface area contributed by atoms with Crippen molar-refractivity contribution >= 4 is 32.3 Å². The van der Waals surface area contributed by atoms with Crippen LogP contribution in [-0.2, 0) is 5.41 Å². The quantitative estimate of drug-likeness (QED) is 0.286. The highest BCUT2D eigenvalue weighted by Crippen LogP contribution is 2.41. The van der Waals surface area contributed by atoms with Crippen molar-refractivity contribution < 1.29 is 0 Å². The largest absolute Gasteiger partial charge is 0.235 e. The highest BCUT2D eigenvalue weighted by Gasteiger charge is 2.20. The summed E-state index contributed by atoms with van der Waals surface area (Å²) in [6, 6.07) is 28.4. The Labute approximate surface area is 182 Å². The van der Waals surface area contributed by atoms with Gasteiger partial charge in [0.15, 0.2) is 0 Å². The van der Waals surface area contributed by atoms with Crippen molar-refractivity contribution in [2.45, 2.75) is 33.1 Å². The van der Waals surface area contributed by atoms with Gasteiger partial charge in [-0.15, -0.1) is 11.3 Å². The van der Waals surface area contributed by atoms with Gasteiger partial charge < -0.3 is 0 Å². The molecule has 4 aromatic carbocycles. The van der Waals surface area contributed by atoms with E-state index in [4.69, 9.17) is 4.98 Å². The average Bonchev–Trinajstić information content (AvgIpc) is 3.16. The zero-order valence-corrected chi connectivity index (χ0v) is 18.7. The summed E-state index contributed by atoms with van der Waals surface area (Å²) in [6.07, 6.45) is 0. The van der Waals surface area contributed by atoms with E-state index in [1.807, 2.05) is 0 Å². The van der Waals surface area contributed by atoms with E-state index < -0.39 is 0 Å². The summed E-state index contributed by atoms with van der Waals surface area (Å²) in [4.78, 5) is 5.17. The van der Waals surface area contributed by atoms with E-state index in [1.54, 1.807) is 11.3 Å². The molecule has 0 radical (unpaired) electrons. The second-order valence-corrected chi connectivity index (χ2v) is 10.0. The molecule has 0 bridgehead atoms. The number of thiazole rings is 1. The number of aryl methyl sites for hydroxylation is 1. The number of aromatic nitrogens is 1. The third kappa shape index (κ3) is 3.22. The lowest BCUT2D eigenvalue weighted by atomic mass is 9.84. The van der Waals surface area contributed by atoms with Crippen LogP contribution in [0.3, 0.4) is 0 Å². The van der Waals surface area contributed by atoms with Gasteiger partial charge in [0, 0.05) is 11.1 Å². The van der Waals surface area contributed by atoms with Crippen LogP contribution in [0.5, 0.6) is 0 Å². The molecule has 0 unspecified atom stereocenters. The lowest BCUT2D eigenvalue weighted by Crippen LogP contribution is -2.11. The molecule has 148 valence electrons. The third-order valence-corrected chi connectivity index (χ3v) is 6.85. The Hall–Kier alpha value is -2.97. The van der Waals surface area contributed by atoms with Crippen LogP contribution in [0.2, 0.25) is 0 Å². The fraction of sp³-hybridized carbons (Fsp3) is 0.179. The van der Waals surface area contributed by atoms with Crippen molar-refractivity contribution in [3.05, 3.63) is 90.0 Å². The molecule has 5 aromatic rings. The maximum Gasteiger partial charge on any atom is 0.124 e. The number of nitrogens with zero attached hydrogens (tertiary/aromatic N) is 1. The predicted molar refractivity (Wildman–Crippen MR) is 131 cm³/mol. The van der Waals surface area contributed by atoms with Gasteiger partial charge in [0.25, 0.3) is 0 Å². The summed E-state index contributed by atoms with van der Waals surface area (Å²) in [5.41, 5.74) is 7.48. The van der Waals surface area contributed by atoms with E-state index in [0.717, 1.165) is 10.5 Å². The van der Waals surface area contributed by atoms with Gasteiger partial charge in [-0.1, -0.05) is 87.5 Å². The van der Waals surface area contributed by atoms with Gasteiger partial charge in [-0.25, -0.2) is 4.98 Å². The molecule has 0 aliphatic rings. The highest BCUT2D eigenvalue weighted by atomic mass is 32.1. The Morgan fingerprint density at radius 1 is 0.733 bits per heavy atom. The van der Waals surface area contributed by atoms with Crippen LogP contribution in [-0.4, -0.2) is 4.98 Å². The predicted octanol–water partition coefficient (Wildman–Crippen LogP) is 8.39. The summed E-state index contributed by atoms with van der Waals surface area (Å²) in [7, 11) is 0. The fourth-order valence-corrected chi connectivity index (χ4v) is 5.18. The molecule has 0 saturated carbocycles. The molecule has 0 saturated heterocycles. The van der Waals surface area contributed by atoms with Crippen molar-refractivity contribution in [3.8, 4) is 21.7 Å². The molecule has 0 atom stereocenters. The van der Waals surface area contributed by atoms with E-state index in [2.05, 4.69) is 107 Å². The molecule has 1 nitrogen and oxygen atoms in total. The van der Waals surface area contributed by atoms with Gasteiger partial charge in [0.05, 0.1) is 10.2 Å². The lowest BCUT2D eigenvalue weighted by Gasteiger charge is -2.20. The molecule has 5 rings (SSSR count). The van der Waals surface area contributed by atoms with Crippen LogP contribution in [0.4, 0.5) is 0 Å². The molecule has 0 N–H and O–H groups in total. The van der Waals surface area contributed by atoms with Crippen molar-refractivity contribution in [2.24, 2.45) is 0 Å². The Morgan fingerprint density at radius 3 is 2.23 bits per heavy atom. The van der Waals surface area contributed by atoms with Gasteiger partial charge >= 0.3 is 0 Å². The zero-order valence-electron chi connectivity index (χ0n) is 17.9. The van der Waals surface area contributed by atoms with Crippen molar-refractivity contribution in [3.63, 3.8) is 0 Å². The highest BCUT2D eigenvalue weighted by molar-refractivity contribution is 7.21. The first kappa shape index (κ1) is 19.0. The van der Waals surface area contributed by atoms with Crippen LogP contribution in [0.25, 0.3) is 42.7 Å². The number of benzene rings is 4. The number of hydrogen-bond donors (Lipinski definition) is 0. The van der Waals surface area contributed by atoms with E-state index in [1.165, 1.54) is 43.3 Å². The van der Waals surface area contributed by atoms with Crippen LogP contribution < -0.4 is 0 Å². The van der Waals surface area contributed by atoms with Gasteiger partial charge in [-0.05, 0) is 51.9 Å². The van der Waals surface area contributed by atoms with E-state index in [-0.39, 0.29) is 5.41 Å². The van der Waals surface area contributed by atoms with Crippen molar-refractivity contribution in [1.82, 2.24) is 4.98 Å². The van der Waals surface area contributed by atoms with Crippen LogP contribution in [0, 0.1) is 6.92 Å². The van der Waals surface area contributed by atoms with Crippen molar-refractivity contribution in [2.75, 3.05) is 0 Å². The van der Waals surface area contributed by atoms with E-state index >= 15 is 0 Å². The number of hydrogen-bond acceptors (Lipinski definition) is 2. The lowest BCUT2D eigenvalue weighted by molar-refractivity contribution is 0.591. The molecule has 0 aliphatic carbocycles. The van der Waals surface area contributed by atoms with Crippen LogP contribution in [0.1, 0.15) is 31.9 Å². The van der Waals surface area contributed by atoms with Crippen LogP contribution in [0.15, 0.2) is 78.9 Å². The minimum absolute atomic E-state index is 0.0698. The zero-order chi connectivity index (χ0) is 20.9. The van der Waals surface area contributed by atoms with Crippen LogP contribution >= 0.6 is 11.3 Å². The smallest absolute Gasteiger partial charge is 0.124 e. The molecule has 1 heterocycles. The molecule has 0 spiro atoms. The molecule has 0 aliphatic heterocycles. The first-order valence-corrected chi connectivity index (χ1v) is 11.2. The summed E-state index contributed by atoms with van der Waals surface area (Å²) in [6.45, 7) is 9.01. The second-order valence-electron chi connectivity index (χ2n) is 8.98. The topological polar surface area (TPSA) is 12.9 Å². The molecular formula is C28H25NS. The fourth-order valence-electron chi connectivity index (χ4n) is 4.06.